The highest BCUT2D eigenvalue weighted by molar-refractivity contribution is 8.00. The van der Waals surface area contributed by atoms with Crippen molar-refractivity contribution in [3.8, 4) is 0 Å². The summed E-state index contributed by atoms with van der Waals surface area (Å²) in [4.78, 5) is 47.7. The van der Waals surface area contributed by atoms with Gasteiger partial charge in [-0.15, -0.1) is 11.8 Å². The molecule has 172 valence electrons. The normalized spacial score (nSPS) is 11.6. The van der Waals surface area contributed by atoms with Crippen LogP contribution in [0.3, 0.4) is 0 Å². The van der Waals surface area contributed by atoms with Gasteiger partial charge in [0.05, 0.1) is 0 Å². The fraction of sp³-hybridized carbons (Fsp3) is 0.0769. The molecule has 0 aliphatic heterocycles. The van der Waals surface area contributed by atoms with Crippen LogP contribution in [0.15, 0.2) is 95.9 Å². The number of anilines is 2. The van der Waals surface area contributed by atoms with Crippen molar-refractivity contribution in [3.63, 3.8) is 0 Å². The van der Waals surface area contributed by atoms with Gasteiger partial charge in [0.15, 0.2) is 5.78 Å². The number of carbonyl (C=O) groups is 4. The summed E-state index contributed by atoms with van der Waals surface area (Å²) >= 11 is 1.35. The Balaban J connectivity index is 1.74. The fourth-order valence-electron chi connectivity index (χ4n) is 2.98. The van der Waals surface area contributed by atoms with Gasteiger partial charge in [-0.2, -0.15) is 0 Å². The Hall–Kier alpha value is -4.17. The first-order valence-corrected chi connectivity index (χ1v) is 11.2. The Kier molecular flexibility index (Phi) is 8.37. The minimum absolute atomic E-state index is 0.0480. The summed E-state index contributed by atoms with van der Waals surface area (Å²) in [6.07, 6.45) is 1.69. The molecule has 0 spiro atoms. The largest absolute Gasteiger partial charge is 0.478 e. The number of carboxylic acids is 1. The highest BCUT2D eigenvalue weighted by Crippen LogP contribution is 2.36. The van der Waals surface area contributed by atoms with E-state index >= 15 is 0 Å². The molecule has 1 atom stereocenters. The van der Waals surface area contributed by atoms with Crippen LogP contribution in [0.25, 0.3) is 0 Å². The second kappa shape index (κ2) is 11.6. The number of amides is 2. The minimum Gasteiger partial charge on any atom is -0.478 e. The standard InChI is InChI=1S/C26H22N2O5S/c1-17(29)18-7-9-21(10-8-18)28-26(33)25(19-5-3-2-4-6-19)34-22-13-11-20(12-14-22)27-23(30)15-16-24(31)32/h2-16,25H,1H3,(H,27,30)(H,28,33)(H,31,32)/b16-15+. The van der Waals surface area contributed by atoms with E-state index in [1.807, 2.05) is 30.3 Å². The lowest BCUT2D eigenvalue weighted by molar-refractivity contribution is -0.131. The summed E-state index contributed by atoms with van der Waals surface area (Å²) in [6, 6.07) is 23.0. The van der Waals surface area contributed by atoms with Crippen molar-refractivity contribution in [2.75, 3.05) is 10.6 Å². The van der Waals surface area contributed by atoms with Gasteiger partial charge in [-0.25, -0.2) is 4.79 Å². The first-order chi connectivity index (χ1) is 16.3. The highest BCUT2D eigenvalue weighted by Gasteiger charge is 2.22. The molecule has 0 bridgehead atoms. The third kappa shape index (κ3) is 7.18. The van der Waals surface area contributed by atoms with E-state index < -0.39 is 17.1 Å². The first kappa shape index (κ1) is 24.5. The maximum absolute atomic E-state index is 13.2. The van der Waals surface area contributed by atoms with Gasteiger partial charge in [0, 0.05) is 34.0 Å². The number of nitrogens with one attached hydrogen (secondary N) is 2. The third-order valence-corrected chi connectivity index (χ3v) is 5.92. The van der Waals surface area contributed by atoms with Crippen LogP contribution >= 0.6 is 11.8 Å². The average molecular weight is 475 g/mol. The Morgan fingerprint density at radius 2 is 1.38 bits per heavy atom. The SMILES string of the molecule is CC(=O)c1ccc(NC(=O)C(Sc2ccc(NC(=O)/C=C/C(=O)O)cc2)c2ccccc2)cc1. The van der Waals surface area contributed by atoms with Crippen LogP contribution in [0.4, 0.5) is 11.4 Å². The second-order valence-corrected chi connectivity index (χ2v) is 8.40. The zero-order valence-electron chi connectivity index (χ0n) is 18.2. The molecule has 3 aromatic rings. The van der Waals surface area contributed by atoms with Crippen LogP contribution in [0, 0.1) is 0 Å². The monoisotopic (exact) mass is 474 g/mol. The van der Waals surface area contributed by atoms with Crippen molar-refractivity contribution in [2.24, 2.45) is 0 Å². The Morgan fingerprint density at radius 3 is 1.97 bits per heavy atom. The number of hydrogen-bond acceptors (Lipinski definition) is 5. The molecule has 0 fully saturated rings. The van der Waals surface area contributed by atoms with Gasteiger partial charge < -0.3 is 15.7 Å². The molecule has 0 aromatic heterocycles. The van der Waals surface area contributed by atoms with Gasteiger partial charge in [0.1, 0.15) is 5.25 Å². The van der Waals surface area contributed by atoms with Gasteiger partial charge in [-0.05, 0) is 61.0 Å². The first-order valence-electron chi connectivity index (χ1n) is 10.3. The zero-order chi connectivity index (χ0) is 24.5. The van der Waals surface area contributed by atoms with Gasteiger partial charge in [-0.3, -0.25) is 14.4 Å². The van der Waals surface area contributed by atoms with E-state index in [1.165, 1.54) is 18.7 Å². The molecule has 8 heteroatoms. The number of thioether (sulfide) groups is 1. The summed E-state index contributed by atoms with van der Waals surface area (Å²) in [6.45, 7) is 1.49. The van der Waals surface area contributed by atoms with Crippen LogP contribution in [-0.4, -0.2) is 28.7 Å². The summed E-state index contributed by atoms with van der Waals surface area (Å²) in [5, 5.41) is 13.5. The maximum atomic E-state index is 13.2. The molecule has 2 amide bonds. The number of Topliss-reactive ketones (excluding diaryl/α,β-unsaturated/α-hetero) is 1. The van der Waals surface area contributed by atoms with Crippen LogP contribution in [0.2, 0.25) is 0 Å². The predicted octanol–water partition coefficient (Wildman–Crippen LogP) is 4.94. The topological polar surface area (TPSA) is 113 Å². The average Bonchev–Trinajstić information content (AvgIpc) is 2.83. The van der Waals surface area contributed by atoms with Crippen molar-refractivity contribution >= 4 is 46.7 Å². The van der Waals surface area contributed by atoms with Gasteiger partial charge in [0.25, 0.3) is 0 Å². The van der Waals surface area contributed by atoms with Crippen LogP contribution in [-0.2, 0) is 14.4 Å². The Morgan fingerprint density at radius 1 is 0.794 bits per heavy atom. The number of rotatable bonds is 9. The maximum Gasteiger partial charge on any atom is 0.328 e. The van der Waals surface area contributed by atoms with Gasteiger partial charge >= 0.3 is 5.97 Å². The lowest BCUT2D eigenvalue weighted by atomic mass is 10.1. The van der Waals surface area contributed by atoms with Crippen molar-refractivity contribution in [1.82, 2.24) is 0 Å². The molecule has 3 rings (SSSR count). The van der Waals surface area contributed by atoms with Crippen LogP contribution in [0.5, 0.6) is 0 Å². The molecule has 3 aromatic carbocycles. The molecule has 3 N–H and O–H groups in total. The van der Waals surface area contributed by atoms with E-state index in [2.05, 4.69) is 10.6 Å². The van der Waals surface area contributed by atoms with E-state index in [1.54, 1.807) is 48.5 Å². The molecule has 1 unspecified atom stereocenters. The van der Waals surface area contributed by atoms with E-state index in [-0.39, 0.29) is 11.7 Å². The smallest absolute Gasteiger partial charge is 0.328 e. The zero-order valence-corrected chi connectivity index (χ0v) is 19.0. The van der Waals surface area contributed by atoms with Gasteiger partial charge in [-0.1, -0.05) is 30.3 Å². The number of carbonyl (C=O) groups excluding carboxylic acids is 3. The quantitative estimate of drug-likeness (QED) is 0.230. The van der Waals surface area contributed by atoms with Crippen molar-refractivity contribution in [2.45, 2.75) is 17.1 Å². The predicted molar refractivity (Wildman–Crippen MR) is 132 cm³/mol. The fourth-order valence-corrected chi connectivity index (χ4v) is 4.01. The molecule has 0 aliphatic rings. The molecule has 0 saturated heterocycles. The lowest BCUT2D eigenvalue weighted by Gasteiger charge is -2.17. The van der Waals surface area contributed by atoms with Crippen LogP contribution in [0.1, 0.15) is 28.1 Å². The summed E-state index contributed by atoms with van der Waals surface area (Å²) in [7, 11) is 0. The molecular formula is C26H22N2O5S. The Bertz CT molecular complexity index is 1210. The Labute approximate surface area is 200 Å². The molecule has 0 saturated carbocycles. The minimum atomic E-state index is -1.21. The van der Waals surface area contributed by atoms with E-state index in [0.29, 0.717) is 16.9 Å². The molecule has 34 heavy (non-hydrogen) atoms. The highest BCUT2D eigenvalue weighted by atomic mass is 32.2. The summed E-state index contributed by atoms with van der Waals surface area (Å²) in [5.74, 6) is -2.03. The van der Waals surface area contributed by atoms with E-state index in [4.69, 9.17) is 5.11 Å². The molecule has 7 nitrogen and oxygen atoms in total. The number of carboxylic acid groups (broad SMARTS) is 1. The van der Waals surface area contributed by atoms with Crippen molar-refractivity contribution in [1.29, 1.82) is 0 Å². The lowest BCUT2D eigenvalue weighted by Crippen LogP contribution is -2.19. The molecule has 0 heterocycles. The number of aliphatic carboxylic acids is 1. The van der Waals surface area contributed by atoms with E-state index in [9.17, 15) is 19.2 Å². The van der Waals surface area contributed by atoms with Crippen molar-refractivity contribution in [3.05, 3.63) is 102 Å². The third-order valence-electron chi connectivity index (χ3n) is 4.65. The molecule has 0 radical (unpaired) electrons. The molecular weight excluding hydrogens is 452 g/mol. The summed E-state index contributed by atoms with van der Waals surface area (Å²) in [5.41, 5.74) is 2.47. The summed E-state index contributed by atoms with van der Waals surface area (Å²) < 4.78 is 0. The van der Waals surface area contributed by atoms with Crippen LogP contribution < -0.4 is 10.6 Å². The second-order valence-electron chi connectivity index (χ2n) is 7.22. The number of ketones is 1. The number of benzene rings is 3. The van der Waals surface area contributed by atoms with Gasteiger partial charge in [0.2, 0.25) is 11.8 Å². The van der Waals surface area contributed by atoms with Crippen molar-refractivity contribution < 1.29 is 24.3 Å². The van der Waals surface area contributed by atoms with E-state index in [0.717, 1.165) is 22.6 Å². The molecule has 0 aliphatic carbocycles. The number of hydrogen-bond donors (Lipinski definition) is 3.